The molecular formula is C16H19BrN4O2. The Morgan fingerprint density at radius 2 is 1.91 bits per heavy atom. The molecule has 6 nitrogen and oxygen atoms in total. The van der Waals surface area contributed by atoms with Crippen molar-refractivity contribution in [1.29, 1.82) is 0 Å². The van der Waals surface area contributed by atoms with Gasteiger partial charge in [-0.2, -0.15) is 5.10 Å². The zero-order valence-electron chi connectivity index (χ0n) is 12.9. The van der Waals surface area contributed by atoms with Crippen LogP contribution in [0.2, 0.25) is 0 Å². The zero-order valence-corrected chi connectivity index (χ0v) is 14.5. The fourth-order valence-electron chi connectivity index (χ4n) is 1.95. The number of nitrogens with one attached hydrogen (secondary N) is 2. The summed E-state index contributed by atoms with van der Waals surface area (Å²) in [6.07, 6.45) is 4.72. The molecule has 2 amide bonds. The number of halogens is 1. The van der Waals surface area contributed by atoms with Crippen molar-refractivity contribution in [2.45, 2.75) is 19.8 Å². The molecule has 0 aliphatic rings. The van der Waals surface area contributed by atoms with Gasteiger partial charge in [0.25, 0.3) is 5.91 Å². The highest BCUT2D eigenvalue weighted by molar-refractivity contribution is 9.10. The predicted octanol–water partition coefficient (Wildman–Crippen LogP) is 2.28. The largest absolute Gasteiger partial charge is 0.356 e. The zero-order chi connectivity index (χ0) is 16.7. The summed E-state index contributed by atoms with van der Waals surface area (Å²) >= 11 is 3.34. The van der Waals surface area contributed by atoms with Gasteiger partial charge in [0.05, 0.1) is 16.4 Å². The molecule has 0 radical (unpaired) electrons. The van der Waals surface area contributed by atoms with Gasteiger partial charge in [0.2, 0.25) is 5.91 Å². The van der Waals surface area contributed by atoms with E-state index in [1.807, 2.05) is 25.3 Å². The number of nitrogens with zero attached hydrogens (tertiary/aromatic N) is 2. The van der Waals surface area contributed by atoms with Crippen LogP contribution in [0.3, 0.4) is 0 Å². The topological polar surface area (TPSA) is 76.0 Å². The summed E-state index contributed by atoms with van der Waals surface area (Å²) < 4.78 is 2.60. The predicted molar refractivity (Wildman–Crippen MR) is 91.5 cm³/mol. The van der Waals surface area contributed by atoms with E-state index in [0.717, 1.165) is 16.6 Å². The molecule has 0 aliphatic carbocycles. The lowest BCUT2D eigenvalue weighted by Gasteiger charge is -2.07. The fraction of sp³-hybridized carbons (Fsp3) is 0.312. The lowest BCUT2D eigenvalue weighted by molar-refractivity contribution is -0.120. The van der Waals surface area contributed by atoms with E-state index < -0.39 is 0 Å². The Labute approximate surface area is 143 Å². The van der Waals surface area contributed by atoms with Gasteiger partial charge < -0.3 is 10.6 Å². The number of carbonyl (C=O) groups excluding carboxylic acids is 2. The number of aromatic nitrogens is 2. The first-order chi connectivity index (χ1) is 11.1. The van der Waals surface area contributed by atoms with E-state index in [4.69, 9.17) is 0 Å². The van der Waals surface area contributed by atoms with Crippen molar-refractivity contribution in [2.75, 3.05) is 13.1 Å². The second kappa shape index (κ2) is 8.47. The van der Waals surface area contributed by atoms with Crippen molar-refractivity contribution in [2.24, 2.45) is 0 Å². The summed E-state index contributed by atoms with van der Waals surface area (Å²) in [5, 5.41) is 9.69. The Kier molecular flexibility index (Phi) is 6.34. The van der Waals surface area contributed by atoms with Gasteiger partial charge in [0.15, 0.2) is 0 Å². The second-order valence-electron chi connectivity index (χ2n) is 5.01. The van der Waals surface area contributed by atoms with Crippen LogP contribution in [0.1, 0.15) is 30.1 Å². The molecule has 122 valence electrons. The Morgan fingerprint density at radius 3 is 2.52 bits per heavy atom. The molecular weight excluding hydrogens is 360 g/mol. The van der Waals surface area contributed by atoms with E-state index in [-0.39, 0.29) is 18.2 Å². The molecule has 23 heavy (non-hydrogen) atoms. The number of carbonyl (C=O) groups is 2. The van der Waals surface area contributed by atoms with Crippen LogP contribution in [0.25, 0.3) is 5.69 Å². The summed E-state index contributed by atoms with van der Waals surface area (Å²) in [7, 11) is 0. The van der Waals surface area contributed by atoms with Crippen LogP contribution < -0.4 is 10.6 Å². The van der Waals surface area contributed by atoms with Gasteiger partial charge in [-0.3, -0.25) is 9.59 Å². The van der Waals surface area contributed by atoms with E-state index in [2.05, 4.69) is 31.7 Å². The standard InChI is InChI=1S/C16H19BrN4O2/c1-2-8-18-15(22)7-9-19-16(23)12-3-5-14(6-4-12)21-11-13(17)10-20-21/h3-6,10-11H,2,7-9H2,1H3,(H,18,22)(H,19,23). The lowest BCUT2D eigenvalue weighted by atomic mass is 10.2. The number of benzene rings is 1. The van der Waals surface area contributed by atoms with Crippen LogP contribution in [0.15, 0.2) is 41.1 Å². The molecule has 0 unspecified atom stereocenters. The Bertz CT molecular complexity index is 667. The molecule has 2 rings (SSSR count). The van der Waals surface area contributed by atoms with E-state index in [9.17, 15) is 9.59 Å². The molecule has 1 aromatic heterocycles. The number of amides is 2. The van der Waals surface area contributed by atoms with Crippen molar-refractivity contribution in [3.05, 3.63) is 46.7 Å². The third-order valence-electron chi connectivity index (χ3n) is 3.15. The van der Waals surface area contributed by atoms with E-state index in [0.29, 0.717) is 18.7 Å². The van der Waals surface area contributed by atoms with Crippen molar-refractivity contribution in [3.8, 4) is 5.69 Å². The third kappa shape index (κ3) is 5.21. The van der Waals surface area contributed by atoms with Gasteiger partial charge >= 0.3 is 0 Å². The normalized spacial score (nSPS) is 10.3. The van der Waals surface area contributed by atoms with Gasteiger partial charge in [-0.05, 0) is 46.6 Å². The van der Waals surface area contributed by atoms with E-state index >= 15 is 0 Å². The van der Waals surface area contributed by atoms with Gasteiger partial charge in [0, 0.05) is 31.3 Å². The highest BCUT2D eigenvalue weighted by Crippen LogP contribution is 2.13. The van der Waals surface area contributed by atoms with Crippen molar-refractivity contribution >= 4 is 27.7 Å². The molecule has 0 spiro atoms. The summed E-state index contributed by atoms with van der Waals surface area (Å²) in [5.74, 6) is -0.242. The van der Waals surface area contributed by atoms with E-state index in [1.165, 1.54) is 0 Å². The molecule has 1 heterocycles. The molecule has 1 aromatic carbocycles. The maximum atomic E-state index is 12.0. The number of hydrogen-bond donors (Lipinski definition) is 2. The quantitative estimate of drug-likeness (QED) is 0.775. The molecule has 0 saturated heterocycles. The highest BCUT2D eigenvalue weighted by atomic mass is 79.9. The minimum atomic E-state index is -0.193. The number of rotatable bonds is 7. The molecule has 7 heteroatoms. The van der Waals surface area contributed by atoms with Gasteiger partial charge in [-0.1, -0.05) is 6.92 Å². The minimum absolute atomic E-state index is 0.0493. The van der Waals surface area contributed by atoms with Crippen LogP contribution in [-0.2, 0) is 4.79 Å². The van der Waals surface area contributed by atoms with Crippen LogP contribution >= 0.6 is 15.9 Å². The van der Waals surface area contributed by atoms with Crippen LogP contribution in [0.4, 0.5) is 0 Å². The van der Waals surface area contributed by atoms with Crippen LogP contribution in [-0.4, -0.2) is 34.7 Å². The maximum absolute atomic E-state index is 12.0. The molecule has 0 aliphatic heterocycles. The first-order valence-corrected chi connectivity index (χ1v) is 8.25. The average Bonchev–Trinajstić information content (AvgIpc) is 2.99. The Hall–Kier alpha value is -2.15. The van der Waals surface area contributed by atoms with Gasteiger partial charge in [0.1, 0.15) is 0 Å². The van der Waals surface area contributed by atoms with Crippen LogP contribution in [0.5, 0.6) is 0 Å². The Balaban J connectivity index is 1.84. The molecule has 0 saturated carbocycles. The number of hydrogen-bond acceptors (Lipinski definition) is 3. The first-order valence-electron chi connectivity index (χ1n) is 7.45. The van der Waals surface area contributed by atoms with Crippen molar-refractivity contribution < 1.29 is 9.59 Å². The lowest BCUT2D eigenvalue weighted by Crippen LogP contribution is -2.31. The van der Waals surface area contributed by atoms with Crippen LogP contribution in [0, 0.1) is 0 Å². The SMILES string of the molecule is CCCNC(=O)CCNC(=O)c1ccc(-n2cc(Br)cn2)cc1. The first kappa shape index (κ1) is 17.2. The molecule has 2 aromatic rings. The molecule has 2 N–H and O–H groups in total. The summed E-state index contributed by atoms with van der Waals surface area (Å²) in [6, 6.07) is 7.11. The summed E-state index contributed by atoms with van der Waals surface area (Å²) in [5.41, 5.74) is 1.42. The van der Waals surface area contributed by atoms with E-state index in [1.54, 1.807) is 23.0 Å². The molecule has 0 fully saturated rings. The second-order valence-corrected chi connectivity index (χ2v) is 5.92. The monoisotopic (exact) mass is 378 g/mol. The fourth-order valence-corrected chi connectivity index (χ4v) is 2.24. The smallest absolute Gasteiger partial charge is 0.251 e. The molecule has 0 atom stereocenters. The van der Waals surface area contributed by atoms with Gasteiger partial charge in [-0.15, -0.1) is 0 Å². The Morgan fingerprint density at radius 1 is 1.17 bits per heavy atom. The van der Waals surface area contributed by atoms with Gasteiger partial charge in [-0.25, -0.2) is 4.68 Å². The molecule has 0 bridgehead atoms. The minimum Gasteiger partial charge on any atom is -0.356 e. The average molecular weight is 379 g/mol. The van der Waals surface area contributed by atoms with Crippen molar-refractivity contribution in [3.63, 3.8) is 0 Å². The third-order valence-corrected chi connectivity index (χ3v) is 3.56. The highest BCUT2D eigenvalue weighted by Gasteiger charge is 2.07. The maximum Gasteiger partial charge on any atom is 0.251 e. The summed E-state index contributed by atoms with van der Waals surface area (Å²) in [4.78, 5) is 23.5. The van der Waals surface area contributed by atoms with Crippen molar-refractivity contribution in [1.82, 2.24) is 20.4 Å². The summed E-state index contributed by atoms with van der Waals surface area (Å²) in [6.45, 7) is 2.98.